The normalized spacial score (nSPS) is 23.2. The highest BCUT2D eigenvalue weighted by Gasteiger charge is 2.31. The Balaban J connectivity index is 0.00000192. The number of benzene rings is 1. The van der Waals surface area contributed by atoms with Gasteiger partial charge in [0.05, 0.1) is 0 Å². The van der Waals surface area contributed by atoms with Crippen LogP contribution in [0, 0.1) is 5.92 Å². The smallest absolute Gasteiger partial charge is 0.231 e. The van der Waals surface area contributed by atoms with E-state index >= 15 is 0 Å². The Bertz CT molecular complexity index is 558. The van der Waals surface area contributed by atoms with Crippen LogP contribution < -0.4 is 31.0 Å². The molecule has 128 valence electrons. The molecule has 3 unspecified atom stereocenters. The Labute approximate surface area is 141 Å². The monoisotopic (exact) mass is 342 g/mol. The second kappa shape index (κ2) is 7.83. The van der Waals surface area contributed by atoms with Crippen LogP contribution >= 0.6 is 12.4 Å². The summed E-state index contributed by atoms with van der Waals surface area (Å²) in [4.78, 5) is 12.2. The molecule has 3 atom stereocenters. The number of amides is 1. The van der Waals surface area contributed by atoms with Gasteiger partial charge in [-0.05, 0) is 24.7 Å². The van der Waals surface area contributed by atoms with Crippen molar-refractivity contribution in [1.29, 1.82) is 0 Å². The first-order valence-electron chi connectivity index (χ1n) is 7.52. The van der Waals surface area contributed by atoms with Gasteiger partial charge in [0.1, 0.15) is 6.17 Å². The summed E-state index contributed by atoms with van der Waals surface area (Å²) in [5.41, 5.74) is 7.34. The SMILES string of the molecule is CNCC(C)C(=O)NC1NNCC1c1ccc2c(c1)OCO2.Cl. The average molecular weight is 343 g/mol. The van der Waals surface area contributed by atoms with Crippen molar-refractivity contribution in [2.45, 2.75) is 19.0 Å². The summed E-state index contributed by atoms with van der Waals surface area (Å²) in [6.45, 7) is 3.57. The number of hydrogen-bond donors (Lipinski definition) is 4. The van der Waals surface area contributed by atoms with E-state index in [-0.39, 0.29) is 43.1 Å². The lowest BCUT2D eigenvalue weighted by atomic mass is 9.96. The van der Waals surface area contributed by atoms with E-state index in [0.717, 1.165) is 23.6 Å². The predicted molar refractivity (Wildman–Crippen MR) is 88.7 cm³/mol. The van der Waals surface area contributed by atoms with Crippen molar-refractivity contribution in [3.05, 3.63) is 23.8 Å². The zero-order chi connectivity index (χ0) is 15.5. The summed E-state index contributed by atoms with van der Waals surface area (Å²) in [6, 6.07) is 5.92. The molecule has 1 saturated heterocycles. The van der Waals surface area contributed by atoms with Gasteiger partial charge in [0.15, 0.2) is 11.5 Å². The van der Waals surface area contributed by atoms with Crippen LogP contribution in [-0.4, -0.2) is 39.0 Å². The maximum absolute atomic E-state index is 12.2. The molecular formula is C15H23ClN4O3. The van der Waals surface area contributed by atoms with Gasteiger partial charge in [0.25, 0.3) is 0 Å². The van der Waals surface area contributed by atoms with E-state index in [0.29, 0.717) is 6.54 Å². The fourth-order valence-electron chi connectivity index (χ4n) is 2.78. The van der Waals surface area contributed by atoms with Crippen molar-refractivity contribution in [2.24, 2.45) is 5.92 Å². The molecule has 23 heavy (non-hydrogen) atoms. The largest absolute Gasteiger partial charge is 0.454 e. The number of carbonyl (C=O) groups is 1. The third-order valence-electron chi connectivity index (χ3n) is 4.06. The molecule has 8 heteroatoms. The van der Waals surface area contributed by atoms with E-state index < -0.39 is 0 Å². The molecule has 0 spiro atoms. The maximum Gasteiger partial charge on any atom is 0.231 e. The van der Waals surface area contributed by atoms with Crippen molar-refractivity contribution in [3.63, 3.8) is 0 Å². The Morgan fingerprint density at radius 1 is 1.39 bits per heavy atom. The number of hydrazine groups is 1. The van der Waals surface area contributed by atoms with E-state index in [1.165, 1.54) is 0 Å². The number of fused-ring (bicyclic) bond motifs is 1. The summed E-state index contributed by atoms with van der Waals surface area (Å²) in [6.07, 6.45) is -0.146. The van der Waals surface area contributed by atoms with Gasteiger partial charge >= 0.3 is 0 Å². The molecule has 3 rings (SSSR count). The number of rotatable bonds is 5. The zero-order valence-electron chi connectivity index (χ0n) is 13.2. The highest BCUT2D eigenvalue weighted by molar-refractivity contribution is 5.85. The van der Waals surface area contributed by atoms with Crippen LogP contribution in [-0.2, 0) is 4.79 Å². The molecule has 2 heterocycles. The number of carbonyl (C=O) groups excluding carboxylic acids is 1. The zero-order valence-corrected chi connectivity index (χ0v) is 14.0. The van der Waals surface area contributed by atoms with Gasteiger partial charge in [-0.1, -0.05) is 13.0 Å². The number of ether oxygens (including phenoxy) is 2. The molecular weight excluding hydrogens is 320 g/mol. The van der Waals surface area contributed by atoms with Crippen molar-refractivity contribution in [1.82, 2.24) is 21.5 Å². The summed E-state index contributed by atoms with van der Waals surface area (Å²) in [5.74, 6) is 1.62. The van der Waals surface area contributed by atoms with E-state index in [9.17, 15) is 4.79 Å². The molecule has 2 aliphatic rings. The molecule has 0 radical (unpaired) electrons. The molecule has 1 amide bonds. The summed E-state index contributed by atoms with van der Waals surface area (Å²) in [7, 11) is 1.84. The van der Waals surface area contributed by atoms with Gasteiger partial charge in [-0.2, -0.15) is 0 Å². The minimum absolute atomic E-state index is 0. The molecule has 0 bridgehead atoms. The highest BCUT2D eigenvalue weighted by Crippen LogP contribution is 2.35. The van der Waals surface area contributed by atoms with E-state index in [1.54, 1.807) is 0 Å². The Kier molecular flexibility index (Phi) is 6.06. The van der Waals surface area contributed by atoms with Crippen LogP contribution in [0.3, 0.4) is 0 Å². The standard InChI is InChI=1S/C15H22N4O3.ClH/c1-9(6-16-2)15(20)18-14-11(7-17-19-14)10-3-4-12-13(5-10)22-8-21-12;/h3-5,9,11,14,16-17,19H,6-8H2,1-2H3,(H,18,20);1H. The molecule has 0 aliphatic carbocycles. The van der Waals surface area contributed by atoms with Gasteiger partial charge in [-0.3, -0.25) is 10.2 Å². The average Bonchev–Trinajstić information content (AvgIpc) is 3.15. The quantitative estimate of drug-likeness (QED) is 0.617. The van der Waals surface area contributed by atoms with Crippen LogP contribution in [0.2, 0.25) is 0 Å². The summed E-state index contributed by atoms with van der Waals surface area (Å²) < 4.78 is 10.8. The third-order valence-corrected chi connectivity index (χ3v) is 4.06. The molecule has 0 aromatic heterocycles. The highest BCUT2D eigenvalue weighted by atomic mass is 35.5. The van der Waals surface area contributed by atoms with Crippen LogP contribution in [0.4, 0.5) is 0 Å². The lowest BCUT2D eigenvalue weighted by Gasteiger charge is -2.22. The second-order valence-corrected chi connectivity index (χ2v) is 5.69. The topological polar surface area (TPSA) is 83.7 Å². The first kappa shape index (κ1) is 17.8. The van der Waals surface area contributed by atoms with Crippen LogP contribution in [0.5, 0.6) is 11.5 Å². The Morgan fingerprint density at radius 2 is 2.17 bits per heavy atom. The first-order chi connectivity index (χ1) is 10.7. The lowest BCUT2D eigenvalue weighted by Crippen LogP contribution is -2.49. The molecule has 1 aromatic rings. The van der Waals surface area contributed by atoms with Crippen LogP contribution in [0.25, 0.3) is 0 Å². The minimum atomic E-state index is -0.146. The third kappa shape index (κ3) is 3.87. The van der Waals surface area contributed by atoms with E-state index in [2.05, 4.69) is 21.5 Å². The van der Waals surface area contributed by atoms with Gasteiger partial charge in [0, 0.05) is 24.9 Å². The molecule has 7 nitrogen and oxygen atoms in total. The Hall–Kier alpha value is -1.54. The lowest BCUT2D eigenvalue weighted by molar-refractivity contribution is -0.125. The molecule has 1 aromatic carbocycles. The number of hydrogen-bond acceptors (Lipinski definition) is 6. The minimum Gasteiger partial charge on any atom is -0.454 e. The van der Waals surface area contributed by atoms with Crippen LogP contribution in [0.1, 0.15) is 18.4 Å². The van der Waals surface area contributed by atoms with Crippen molar-refractivity contribution in [3.8, 4) is 11.5 Å². The fraction of sp³-hybridized carbons (Fsp3) is 0.533. The molecule has 0 saturated carbocycles. The number of halogens is 1. The van der Waals surface area contributed by atoms with Gasteiger partial charge in [-0.25, -0.2) is 5.43 Å². The van der Waals surface area contributed by atoms with E-state index in [4.69, 9.17) is 9.47 Å². The second-order valence-electron chi connectivity index (χ2n) is 5.69. The Morgan fingerprint density at radius 3 is 2.96 bits per heavy atom. The van der Waals surface area contributed by atoms with E-state index in [1.807, 2.05) is 32.2 Å². The predicted octanol–water partition coefficient (Wildman–Crippen LogP) is 0.326. The van der Waals surface area contributed by atoms with Crippen molar-refractivity contribution >= 4 is 18.3 Å². The van der Waals surface area contributed by atoms with Gasteiger partial charge in [-0.15, -0.1) is 12.4 Å². The maximum atomic E-state index is 12.2. The first-order valence-corrected chi connectivity index (χ1v) is 7.52. The fourth-order valence-corrected chi connectivity index (χ4v) is 2.78. The summed E-state index contributed by atoms with van der Waals surface area (Å²) in [5, 5.41) is 6.07. The van der Waals surface area contributed by atoms with Crippen molar-refractivity contribution in [2.75, 3.05) is 26.9 Å². The molecule has 1 fully saturated rings. The van der Waals surface area contributed by atoms with Crippen molar-refractivity contribution < 1.29 is 14.3 Å². The number of nitrogens with one attached hydrogen (secondary N) is 4. The van der Waals surface area contributed by atoms with Gasteiger partial charge in [0.2, 0.25) is 12.7 Å². The van der Waals surface area contributed by atoms with Crippen LogP contribution in [0.15, 0.2) is 18.2 Å². The van der Waals surface area contributed by atoms with Gasteiger partial charge < -0.3 is 20.1 Å². The molecule has 4 N–H and O–H groups in total. The summed E-state index contributed by atoms with van der Waals surface area (Å²) >= 11 is 0. The molecule has 2 aliphatic heterocycles.